The average molecular weight is 269 g/mol. The molecule has 1 saturated heterocycles. The van der Waals surface area contributed by atoms with E-state index in [0.717, 1.165) is 25.8 Å². The molecule has 1 fully saturated rings. The van der Waals surface area contributed by atoms with Gasteiger partial charge in [-0.05, 0) is 19.4 Å². The van der Waals surface area contributed by atoms with Gasteiger partial charge in [-0.3, -0.25) is 9.88 Å². The summed E-state index contributed by atoms with van der Waals surface area (Å²) in [5, 5.41) is 9.04. The summed E-state index contributed by atoms with van der Waals surface area (Å²) < 4.78 is 5.19. The molecule has 0 amide bonds. The SMILES string of the molecule is COC[C@H]1CCCCN1Cc1[nH]c(=O)[nH]c1C(=O)O. The lowest BCUT2D eigenvalue weighted by atomic mass is 10.0. The number of likely N-dealkylation sites (tertiary alicyclic amines) is 1. The summed E-state index contributed by atoms with van der Waals surface area (Å²) in [6.07, 6.45) is 3.27. The van der Waals surface area contributed by atoms with Gasteiger partial charge in [0.2, 0.25) is 0 Å². The summed E-state index contributed by atoms with van der Waals surface area (Å²) >= 11 is 0. The van der Waals surface area contributed by atoms with Crippen LogP contribution in [0.5, 0.6) is 0 Å². The number of aromatic nitrogens is 2. The van der Waals surface area contributed by atoms with Crippen LogP contribution < -0.4 is 5.69 Å². The van der Waals surface area contributed by atoms with Crippen molar-refractivity contribution in [1.82, 2.24) is 14.9 Å². The number of aromatic amines is 2. The fourth-order valence-electron chi connectivity index (χ4n) is 2.57. The highest BCUT2D eigenvalue weighted by atomic mass is 16.5. The minimum absolute atomic E-state index is 0.0493. The third-order valence-electron chi connectivity index (χ3n) is 3.49. The zero-order valence-electron chi connectivity index (χ0n) is 10.9. The maximum atomic E-state index is 11.2. The van der Waals surface area contributed by atoms with E-state index in [-0.39, 0.29) is 11.7 Å². The molecule has 19 heavy (non-hydrogen) atoms. The van der Waals surface area contributed by atoms with Crippen molar-refractivity contribution in [3.63, 3.8) is 0 Å². The predicted octanol–water partition coefficient (Wildman–Crippen LogP) is 0.402. The minimum Gasteiger partial charge on any atom is -0.477 e. The Kier molecular flexibility index (Phi) is 4.39. The van der Waals surface area contributed by atoms with Crippen LogP contribution in [0.25, 0.3) is 0 Å². The first kappa shape index (κ1) is 13.8. The number of ether oxygens (including phenoxy) is 1. The first-order valence-electron chi connectivity index (χ1n) is 6.39. The maximum absolute atomic E-state index is 11.2. The zero-order valence-corrected chi connectivity index (χ0v) is 10.9. The lowest BCUT2D eigenvalue weighted by Crippen LogP contribution is -2.42. The van der Waals surface area contributed by atoms with Crippen LogP contribution in [0.4, 0.5) is 0 Å². The summed E-state index contributed by atoms with van der Waals surface area (Å²) in [5.74, 6) is -1.12. The number of carboxylic acid groups (broad SMARTS) is 1. The average Bonchev–Trinajstić information content (AvgIpc) is 2.73. The summed E-state index contributed by atoms with van der Waals surface area (Å²) in [6.45, 7) is 1.94. The molecule has 1 atom stereocenters. The third-order valence-corrected chi connectivity index (χ3v) is 3.49. The number of aromatic carboxylic acids is 1. The number of carbonyl (C=O) groups is 1. The predicted molar refractivity (Wildman–Crippen MR) is 68.3 cm³/mol. The Bertz CT molecular complexity index is 491. The van der Waals surface area contributed by atoms with Crippen molar-refractivity contribution < 1.29 is 14.6 Å². The smallest absolute Gasteiger partial charge is 0.354 e. The Morgan fingerprint density at radius 3 is 2.95 bits per heavy atom. The van der Waals surface area contributed by atoms with Crippen LogP contribution >= 0.6 is 0 Å². The second-order valence-corrected chi connectivity index (χ2v) is 4.81. The van der Waals surface area contributed by atoms with Crippen LogP contribution in [-0.4, -0.2) is 52.2 Å². The topological polar surface area (TPSA) is 98.4 Å². The number of imidazole rings is 1. The zero-order chi connectivity index (χ0) is 13.8. The molecular weight excluding hydrogens is 250 g/mol. The number of methoxy groups -OCH3 is 1. The van der Waals surface area contributed by atoms with E-state index in [4.69, 9.17) is 9.84 Å². The highest BCUT2D eigenvalue weighted by molar-refractivity contribution is 5.86. The summed E-state index contributed by atoms with van der Waals surface area (Å²) in [6, 6.07) is 0.277. The molecule has 2 heterocycles. The molecule has 1 aromatic heterocycles. The lowest BCUT2D eigenvalue weighted by Gasteiger charge is -2.34. The second kappa shape index (κ2) is 6.03. The molecule has 7 heteroatoms. The fourth-order valence-corrected chi connectivity index (χ4v) is 2.57. The minimum atomic E-state index is -1.12. The molecule has 0 bridgehead atoms. The monoisotopic (exact) mass is 269 g/mol. The van der Waals surface area contributed by atoms with E-state index in [9.17, 15) is 9.59 Å². The van der Waals surface area contributed by atoms with Gasteiger partial charge in [0, 0.05) is 19.7 Å². The number of piperidine rings is 1. The Morgan fingerprint density at radius 1 is 1.47 bits per heavy atom. The van der Waals surface area contributed by atoms with Crippen molar-refractivity contribution >= 4 is 5.97 Å². The molecule has 0 spiro atoms. The Morgan fingerprint density at radius 2 is 2.26 bits per heavy atom. The standard InChI is InChI=1S/C12H19N3O4/c1-19-7-8-4-2-3-5-15(8)6-9-10(11(16)17)14-12(18)13-9/h8H,2-7H2,1H3,(H,16,17)(H2,13,14,18)/t8-/m1/s1. The molecule has 0 aromatic carbocycles. The number of hydrogen-bond donors (Lipinski definition) is 3. The van der Waals surface area contributed by atoms with E-state index in [0.29, 0.717) is 18.8 Å². The van der Waals surface area contributed by atoms with Crippen LogP contribution in [-0.2, 0) is 11.3 Å². The second-order valence-electron chi connectivity index (χ2n) is 4.81. The van der Waals surface area contributed by atoms with Crippen LogP contribution in [0.2, 0.25) is 0 Å². The number of carboxylic acids is 1. The quantitative estimate of drug-likeness (QED) is 0.718. The van der Waals surface area contributed by atoms with Gasteiger partial charge in [-0.25, -0.2) is 9.59 Å². The number of nitrogens with one attached hydrogen (secondary N) is 2. The molecule has 3 N–H and O–H groups in total. The molecule has 1 aliphatic heterocycles. The molecule has 2 rings (SSSR count). The lowest BCUT2D eigenvalue weighted by molar-refractivity contribution is 0.0579. The van der Waals surface area contributed by atoms with Crippen LogP contribution in [0.15, 0.2) is 4.79 Å². The summed E-state index contributed by atoms with van der Waals surface area (Å²) in [4.78, 5) is 29.3. The molecular formula is C12H19N3O4. The normalized spacial score (nSPS) is 20.6. The van der Waals surface area contributed by atoms with Crippen molar-refractivity contribution in [3.05, 3.63) is 21.9 Å². The van der Waals surface area contributed by atoms with E-state index >= 15 is 0 Å². The summed E-state index contributed by atoms with van der Waals surface area (Å²) in [7, 11) is 1.66. The molecule has 0 aliphatic carbocycles. The number of H-pyrrole nitrogens is 2. The molecule has 0 saturated carbocycles. The summed E-state index contributed by atoms with van der Waals surface area (Å²) in [5.41, 5.74) is -0.0973. The van der Waals surface area contributed by atoms with E-state index < -0.39 is 11.7 Å². The maximum Gasteiger partial charge on any atom is 0.354 e. The molecule has 1 aromatic rings. The van der Waals surface area contributed by atoms with Gasteiger partial charge in [0.05, 0.1) is 12.3 Å². The molecule has 0 unspecified atom stereocenters. The van der Waals surface area contributed by atoms with E-state index in [1.807, 2.05) is 0 Å². The Labute approximate surface area is 110 Å². The Balaban J connectivity index is 2.14. The molecule has 1 aliphatic rings. The van der Waals surface area contributed by atoms with Gasteiger partial charge in [0.15, 0.2) is 0 Å². The first-order chi connectivity index (χ1) is 9.11. The number of rotatable bonds is 5. The highest BCUT2D eigenvalue weighted by Gasteiger charge is 2.25. The van der Waals surface area contributed by atoms with Crippen molar-refractivity contribution in [3.8, 4) is 0 Å². The van der Waals surface area contributed by atoms with Gasteiger partial charge < -0.3 is 14.8 Å². The molecule has 0 radical (unpaired) electrons. The van der Waals surface area contributed by atoms with Gasteiger partial charge in [-0.15, -0.1) is 0 Å². The van der Waals surface area contributed by atoms with E-state index in [2.05, 4.69) is 14.9 Å². The van der Waals surface area contributed by atoms with Crippen molar-refractivity contribution in [2.45, 2.75) is 31.8 Å². The number of nitrogens with zero attached hydrogens (tertiary/aromatic N) is 1. The van der Waals surface area contributed by atoms with Crippen molar-refractivity contribution in [2.24, 2.45) is 0 Å². The van der Waals surface area contributed by atoms with Crippen molar-refractivity contribution in [2.75, 3.05) is 20.3 Å². The van der Waals surface area contributed by atoms with Gasteiger partial charge in [0.25, 0.3) is 0 Å². The van der Waals surface area contributed by atoms with Gasteiger partial charge in [-0.2, -0.15) is 0 Å². The van der Waals surface area contributed by atoms with Crippen LogP contribution in [0.1, 0.15) is 35.4 Å². The van der Waals surface area contributed by atoms with Gasteiger partial charge in [0.1, 0.15) is 5.69 Å². The highest BCUT2D eigenvalue weighted by Crippen LogP contribution is 2.19. The van der Waals surface area contributed by atoms with Crippen molar-refractivity contribution in [1.29, 1.82) is 0 Å². The van der Waals surface area contributed by atoms with Gasteiger partial charge in [-0.1, -0.05) is 6.42 Å². The van der Waals surface area contributed by atoms with Crippen LogP contribution in [0.3, 0.4) is 0 Å². The van der Waals surface area contributed by atoms with E-state index in [1.54, 1.807) is 7.11 Å². The third kappa shape index (κ3) is 3.24. The largest absolute Gasteiger partial charge is 0.477 e. The molecule has 7 nitrogen and oxygen atoms in total. The molecule has 106 valence electrons. The van der Waals surface area contributed by atoms with Crippen LogP contribution in [0, 0.1) is 0 Å². The van der Waals surface area contributed by atoms with Gasteiger partial charge >= 0.3 is 11.7 Å². The first-order valence-corrected chi connectivity index (χ1v) is 6.39. The number of hydrogen-bond acceptors (Lipinski definition) is 4. The fraction of sp³-hybridized carbons (Fsp3) is 0.667. The Hall–Kier alpha value is -1.60. The van der Waals surface area contributed by atoms with E-state index in [1.165, 1.54) is 0 Å².